The van der Waals surface area contributed by atoms with Gasteiger partial charge in [0.2, 0.25) is 5.91 Å². The second kappa shape index (κ2) is 12.9. The zero-order chi connectivity index (χ0) is 25.2. The lowest BCUT2D eigenvalue weighted by molar-refractivity contribution is -0.142. The van der Waals surface area contributed by atoms with Crippen molar-refractivity contribution in [2.24, 2.45) is 0 Å². The number of fused-ring (bicyclic) bond motifs is 1. The Hall–Kier alpha value is -3.35. The Bertz CT molecular complexity index is 1120. The molecule has 7 nitrogen and oxygen atoms in total. The molecule has 0 aliphatic carbocycles. The van der Waals surface area contributed by atoms with Gasteiger partial charge in [-0.25, -0.2) is 4.98 Å². The number of esters is 1. The van der Waals surface area contributed by atoms with Gasteiger partial charge in [0.25, 0.3) is 0 Å². The van der Waals surface area contributed by atoms with Gasteiger partial charge in [0, 0.05) is 25.1 Å². The van der Waals surface area contributed by atoms with Gasteiger partial charge < -0.3 is 19.4 Å². The minimum atomic E-state index is -0.260. The Kier molecular flexibility index (Phi) is 9.70. The van der Waals surface area contributed by atoms with Crippen LogP contribution in [0.15, 0.2) is 42.5 Å². The average molecular weight is 480 g/mol. The number of methoxy groups -OCH3 is 1. The minimum absolute atomic E-state index is 0.00920. The Morgan fingerprint density at radius 1 is 1.06 bits per heavy atom. The Morgan fingerprint density at radius 2 is 1.83 bits per heavy atom. The van der Waals surface area contributed by atoms with E-state index in [-0.39, 0.29) is 24.4 Å². The van der Waals surface area contributed by atoms with Gasteiger partial charge in [0.1, 0.15) is 17.7 Å². The molecule has 0 bridgehead atoms. The summed E-state index contributed by atoms with van der Waals surface area (Å²) >= 11 is 0. The summed E-state index contributed by atoms with van der Waals surface area (Å²) < 4.78 is 13.1. The van der Waals surface area contributed by atoms with Gasteiger partial charge in [-0.3, -0.25) is 9.59 Å². The number of rotatable bonds is 13. The number of anilines is 1. The van der Waals surface area contributed by atoms with E-state index in [1.807, 2.05) is 37.3 Å². The van der Waals surface area contributed by atoms with Crippen molar-refractivity contribution in [1.29, 1.82) is 0 Å². The van der Waals surface area contributed by atoms with Gasteiger partial charge in [0.15, 0.2) is 0 Å². The molecule has 1 N–H and O–H groups in total. The smallest absolute Gasteiger partial charge is 0.309 e. The van der Waals surface area contributed by atoms with Crippen LogP contribution in [-0.2, 0) is 27.3 Å². The summed E-state index contributed by atoms with van der Waals surface area (Å²) in [6.07, 6.45) is 5.27. The van der Waals surface area contributed by atoms with E-state index < -0.39 is 0 Å². The number of carbonyl (C=O) groups excluding carboxylic acids is 2. The van der Waals surface area contributed by atoms with Crippen molar-refractivity contribution >= 4 is 28.6 Å². The van der Waals surface area contributed by atoms with E-state index in [2.05, 4.69) is 35.9 Å². The number of aromatic nitrogens is 2. The molecule has 2 aromatic carbocycles. The van der Waals surface area contributed by atoms with Gasteiger partial charge in [-0.15, -0.1) is 0 Å². The predicted octanol–water partition coefficient (Wildman–Crippen LogP) is 5.89. The minimum Gasteiger partial charge on any atom is -0.490 e. The molecule has 1 atom stereocenters. The molecule has 0 fully saturated rings. The van der Waals surface area contributed by atoms with Gasteiger partial charge in [0.05, 0.1) is 24.6 Å². The molecule has 1 aromatic heterocycles. The standard InChI is InChI=1S/C28H37N3O4/c1-5-8-10-26-30-24-17-21(29-27(32)7-3)13-16-25(24)31(26)19-20-11-14-22(15-12-20)35-23(9-6-2)18-28(33)34-4/h11-17,23H,5-10,18-19H2,1-4H3,(H,29,32). The number of hydrogen-bond acceptors (Lipinski definition) is 5. The number of unbranched alkanes of at least 4 members (excludes halogenated alkanes) is 1. The van der Waals surface area contributed by atoms with Crippen LogP contribution in [0, 0.1) is 0 Å². The maximum absolute atomic E-state index is 11.8. The number of nitrogens with one attached hydrogen (secondary N) is 1. The van der Waals surface area contributed by atoms with Crippen LogP contribution in [0.2, 0.25) is 0 Å². The van der Waals surface area contributed by atoms with Crippen LogP contribution in [-0.4, -0.2) is 34.6 Å². The lowest BCUT2D eigenvalue weighted by Gasteiger charge is -2.18. The van der Waals surface area contributed by atoms with E-state index in [9.17, 15) is 9.59 Å². The fourth-order valence-corrected chi connectivity index (χ4v) is 4.05. The van der Waals surface area contributed by atoms with Crippen molar-refractivity contribution in [2.75, 3.05) is 12.4 Å². The molecule has 35 heavy (non-hydrogen) atoms. The third-order valence-electron chi connectivity index (χ3n) is 5.99. The summed E-state index contributed by atoms with van der Waals surface area (Å²) in [6, 6.07) is 13.9. The zero-order valence-electron chi connectivity index (χ0n) is 21.3. The number of nitrogens with zero attached hydrogens (tertiary/aromatic N) is 2. The Balaban J connectivity index is 1.80. The average Bonchev–Trinajstić information content (AvgIpc) is 3.20. The van der Waals surface area contributed by atoms with Crippen molar-refractivity contribution < 1.29 is 19.1 Å². The quantitative estimate of drug-likeness (QED) is 0.309. The monoisotopic (exact) mass is 479 g/mol. The van der Waals surface area contributed by atoms with Crippen LogP contribution in [0.4, 0.5) is 5.69 Å². The van der Waals surface area contributed by atoms with E-state index >= 15 is 0 Å². The molecule has 0 aliphatic heterocycles. The normalized spacial score (nSPS) is 11.9. The van der Waals surface area contributed by atoms with Gasteiger partial charge in [-0.1, -0.05) is 45.7 Å². The first-order valence-corrected chi connectivity index (χ1v) is 12.6. The maximum atomic E-state index is 11.8. The van der Waals surface area contributed by atoms with Gasteiger partial charge >= 0.3 is 5.97 Å². The lowest BCUT2D eigenvalue weighted by Crippen LogP contribution is -2.21. The van der Waals surface area contributed by atoms with Crippen LogP contribution in [0.5, 0.6) is 5.75 Å². The number of carbonyl (C=O) groups is 2. The van der Waals surface area contributed by atoms with Crippen LogP contribution in [0.3, 0.4) is 0 Å². The highest BCUT2D eigenvalue weighted by Gasteiger charge is 2.16. The highest BCUT2D eigenvalue weighted by atomic mass is 16.5. The van der Waals surface area contributed by atoms with E-state index in [0.29, 0.717) is 13.0 Å². The Morgan fingerprint density at radius 3 is 2.49 bits per heavy atom. The molecule has 3 aromatic rings. The molecule has 1 amide bonds. The van der Waals surface area contributed by atoms with Gasteiger partial charge in [-0.05, 0) is 48.7 Å². The molecule has 0 saturated heterocycles. The molecule has 0 aliphatic rings. The van der Waals surface area contributed by atoms with Crippen molar-refractivity contribution in [3.63, 3.8) is 0 Å². The topological polar surface area (TPSA) is 82.5 Å². The summed E-state index contributed by atoms with van der Waals surface area (Å²) in [6.45, 7) is 6.78. The highest BCUT2D eigenvalue weighted by molar-refractivity contribution is 5.93. The highest BCUT2D eigenvalue weighted by Crippen LogP contribution is 2.24. The summed E-state index contributed by atoms with van der Waals surface area (Å²) in [5, 5.41) is 2.92. The fourth-order valence-electron chi connectivity index (χ4n) is 4.05. The first-order valence-electron chi connectivity index (χ1n) is 12.6. The van der Waals surface area contributed by atoms with E-state index in [0.717, 1.165) is 66.0 Å². The first-order chi connectivity index (χ1) is 17.0. The summed E-state index contributed by atoms with van der Waals surface area (Å²) in [5.74, 6) is 1.52. The molecule has 7 heteroatoms. The van der Waals surface area contributed by atoms with Crippen LogP contribution in [0.25, 0.3) is 11.0 Å². The number of benzene rings is 2. The SMILES string of the molecule is CCCCc1nc2cc(NC(=O)CC)ccc2n1Cc1ccc(OC(CCC)CC(=O)OC)cc1. The third-order valence-corrected chi connectivity index (χ3v) is 5.99. The summed E-state index contributed by atoms with van der Waals surface area (Å²) in [7, 11) is 1.40. The number of amides is 1. The third kappa shape index (κ3) is 7.31. The molecule has 0 spiro atoms. The number of hydrogen-bond donors (Lipinski definition) is 1. The lowest BCUT2D eigenvalue weighted by atomic mass is 10.1. The van der Waals surface area contributed by atoms with Crippen molar-refractivity contribution in [1.82, 2.24) is 9.55 Å². The summed E-state index contributed by atoms with van der Waals surface area (Å²) in [4.78, 5) is 28.4. The van der Waals surface area contributed by atoms with Crippen molar-refractivity contribution in [2.45, 2.75) is 78.4 Å². The largest absolute Gasteiger partial charge is 0.490 e. The molecule has 3 rings (SSSR count). The van der Waals surface area contributed by atoms with Crippen molar-refractivity contribution in [3.8, 4) is 5.75 Å². The molecule has 188 valence electrons. The van der Waals surface area contributed by atoms with Gasteiger partial charge in [-0.2, -0.15) is 0 Å². The van der Waals surface area contributed by atoms with E-state index in [1.165, 1.54) is 7.11 Å². The molecule has 1 unspecified atom stereocenters. The maximum Gasteiger partial charge on any atom is 0.309 e. The van der Waals surface area contributed by atoms with Crippen LogP contribution < -0.4 is 10.1 Å². The van der Waals surface area contributed by atoms with E-state index in [4.69, 9.17) is 14.5 Å². The first kappa shape index (κ1) is 26.3. The molecule has 0 radical (unpaired) electrons. The van der Waals surface area contributed by atoms with Crippen LogP contribution >= 0.6 is 0 Å². The summed E-state index contributed by atoms with van der Waals surface area (Å²) in [5.41, 5.74) is 3.84. The molecule has 1 heterocycles. The van der Waals surface area contributed by atoms with Crippen LogP contribution in [0.1, 0.15) is 70.7 Å². The number of ether oxygens (including phenoxy) is 2. The Labute approximate surface area is 207 Å². The van der Waals surface area contributed by atoms with E-state index in [1.54, 1.807) is 0 Å². The molecular formula is C28H37N3O4. The second-order valence-corrected chi connectivity index (χ2v) is 8.78. The molecule has 0 saturated carbocycles. The molecular weight excluding hydrogens is 442 g/mol. The second-order valence-electron chi connectivity index (χ2n) is 8.78. The zero-order valence-corrected chi connectivity index (χ0v) is 21.3. The van der Waals surface area contributed by atoms with Crippen molar-refractivity contribution in [3.05, 3.63) is 53.9 Å². The fraction of sp³-hybridized carbons (Fsp3) is 0.464. The number of imidazole rings is 1. The number of aryl methyl sites for hydroxylation is 1. The predicted molar refractivity (Wildman–Crippen MR) is 139 cm³/mol.